The van der Waals surface area contributed by atoms with Crippen LogP contribution in [0.2, 0.25) is 0 Å². The average molecular weight is 245 g/mol. The van der Waals surface area contributed by atoms with Crippen LogP contribution < -0.4 is 5.32 Å². The van der Waals surface area contributed by atoms with Gasteiger partial charge in [-0.05, 0) is 31.5 Å². The van der Waals surface area contributed by atoms with Gasteiger partial charge in [-0.15, -0.1) is 0 Å². The predicted octanol–water partition coefficient (Wildman–Crippen LogP) is 2.98. The lowest BCUT2D eigenvalue weighted by Gasteiger charge is -2.11. The van der Waals surface area contributed by atoms with E-state index in [2.05, 4.69) is 53.8 Å². The van der Waals surface area contributed by atoms with Gasteiger partial charge in [0.05, 0.1) is 11.0 Å². The molecule has 0 aliphatic rings. The Balaban J connectivity index is 1.97. The lowest BCUT2D eigenvalue weighted by molar-refractivity contribution is 0.485. The quantitative estimate of drug-likeness (QED) is 0.793. The van der Waals surface area contributed by atoms with E-state index in [1.165, 1.54) is 11.9 Å². The van der Waals surface area contributed by atoms with Crippen molar-refractivity contribution in [2.24, 2.45) is 5.92 Å². The number of hydrogen-bond donors (Lipinski definition) is 1. The molecule has 0 amide bonds. The summed E-state index contributed by atoms with van der Waals surface area (Å²) in [5.74, 6) is 1.85. The molecular formula is C15H23N3. The number of para-hydroxylation sites is 2. The summed E-state index contributed by atoms with van der Waals surface area (Å²) in [5, 5.41) is 3.52. The Morgan fingerprint density at radius 1 is 1.33 bits per heavy atom. The summed E-state index contributed by atoms with van der Waals surface area (Å²) in [5.41, 5.74) is 2.33. The lowest BCUT2D eigenvalue weighted by Crippen LogP contribution is -2.25. The highest BCUT2D eigenvalue weighted by Crippen LogP contribution is 2.14. The molecule has 98 valence electrons. The molecule has 0 bridgehead atoms. The summed E-state index contributed by atoms with van der Waals surface area (Å²) in [6.07, 6.45) is 1.24. The zero-order valence-electron chi connectivity index (χ0n) is 11.6. The van der Waals surface area contributed by atoms with E-state index in [0.29, 0.717) is 0 Å². The van der Waals surface area contributed by atoms with Crippen molar-refractivity contribution < 1.29 is 0 Å². The smallest absolute Gasteiger partial charge is 0.106 e. The van der Waals surface area contributed by atoms with E-state index in [0.717, 1.165) is 36.9 Å². The Bertz CT molecular complexity index is 501. The van der Waals surface area contributed by atoms with Crippen LogP contribution in [0.5, 0.6) is 0 Å². The van der Waals surface area contributed by atoms with E-state index in [4.69, 9.17) is 0 Å². The molecule has 1 heterocycles. The number of rotatable bonds is 6. The van der Waals surface area contributed by atoms with Crippen LogP contribution in [-0.2, 0) is 6.54 Å². The number of nitrogens with one attached hydrogen (secondary N) is 1. The predicted molar refractivity (Wildman–Crippen MR) is 76.8 cm³/mol. The highest BCUT2D eigenvalue weighted by Gasteiger charge is 2.05. The molecule has 1 unspecified atom stereocenters. The Labute approximate surface area is 109 Å². The van der Waals surface area contributed by atoms with Gasteiger partial charge in [0.15, 0.2) is 0 Å². The van der Waals surface area contributed by atoms with Crippen LogP contribution in [0.4, 0.5) is 0 Å². The van der Waals surface area contributed by atoms with Crippen molar-refractivity contribution in [2.45, 2.75) is 33.7 Å². The minimum Gasteiger partial charge on any atom is -0.327 e. The van der Waals surface area contributed by atoms with E-state index in [1.54, 1.807) is 0 Å². The molecule has 0 aliphatic heterocycles. The van der Waals surface area contributed by atoms with Crippen molar-refractivity contribution in [3.63, 3.8) is 0 Å². The van der Waals surface area contributed by atoms with Gasteiger partial charge in [-0.1, -0.05) is 32.4 Å². The number of imidazole rings is 1. The van der Waals surface area contributed by atoms with E-state index >= 15 is 0 Å². The Kier molecular flexibility index (Phi) is 4.37. The van der Waals surface area contributed by atoms with Crippen molar-refractivity contribution in [3.05, 3.63) is 30.1 Å². The van der Waals surface area contributed by atoms with Crippen LogP contribution in [0.25, 0.3) is 11.0 Å². The molecule has 0 spiro atoms. The molecule has 3 heteroatoms. The number of fused-ring (bicyclic) bond motifs is 1. The Morgan fingerprint density at radius 2 is 2.11 bits per heavy atom. The minimum absolute atomic E-state index is 0.755. The SMILES string of the molecule is CCC(C)CNCCn1c(C)nc2ccccc21. The molecule has 1 aromatic heterocycles. The number of nitrogens with zero attached hydrogens (tertiary/aromatic N) is 2. The maximum atomic E-state index is 4.58. The summed E-state index contributed by atoms with van der Waals surface area (Å²) in [7, 11) is 0. The third-order valence-corrected chi connectivity index (χ3v) is 3.55. The van der Waals surface area contributed by atoms with Crippen LogP contribution in [0.3, 0.4) is 0 Å². The molecule has 1 aromatic carbocycles. The van der Waals surface area contributed by atoms with Crippen molar-refractivity contribution in [3.8, 4) is 0 Å². The second-order valence-corrected chi connectivity index (χ2v) is 5.02. The van der Waals surface area contributed by atoms with Crippen LogP contribution in [0, 0.1) is 12.8 Å². The van der Waals surface area contributed by atoms with Gasteiger partial charge < -0.3 is 9.88 Å². The number of benzene rings is 1. The topological polar surface area (TPSA) is 29.9 Å². The van der Waals surface area contributed by atoms with E-state index < -0.39 is 0 Å². The largest absolute Gasteiger partial charge is 0.327 e. The average Bonchev–Trinajstić information content (AvgIpc) is 2.70. The van der Waals surface area contributed by atoms with Crippen LogP contribution in [0.1, 0.15) is 26.1 Å². The van der Waals surface area contributed by atoms with Crippen LogP contribution in [0.15, 0.2) is 24.3 Å². The maximum absolute atomic E-state index is 4.58. The second kappa shape index (κ2) is 6.01. The van der Waals surface area contributed by atoms with Gasteiger partial charge in [0, 0.05) is 13.1 Å². The molecule has 0 saturated carbocycles. The van der Waals surface area contributed by atoms with Crippen LogP contribution in [-0.4, -0.2) is 22.6 Å². The fourth-order valence-corrected chi connectivity index (χ4v) is 2.16. The molecule has 3 nitrogen and oxygen atoms in total. The Morgan fingerprint density at radius 3 is 2.89 bits per heavy atom. The van der Waals surface area contributed by atoms with Gasteiger partial charge >= 0.3 is 0 Å². The molecule has 2 aromatic rings. The standard InChI is InChI=1S/C15H23N3/c1-4-12(2)11-16-9-10-18-13(3)17-14-7-5-6-8-15(14)18/h5-8,12,16H,4,9-11H2,1-3H3. The minimum atomic E-state index is 0.755. The zero-order valence-corrected chi connectivity index (χ0v) is 11.6. The van der Waals surface area contributed by atoms with Crippen molar-refractivity contribution in [1.29, 1.82) is 0 Å². The third-order valence-electron chi connectivity index (χ3n) is 3.55. The van der Waals surface area contributed by atoms with Gasteiger partial charge in [-0.3, -0.25) is 0 Å². The molecule has 2 rings (SSSR count). The monoisotopic (exact) mass is 245 g/mol. The Hall–Kier alpha value is -1.35. The molecular weight excluding hydrogens is 222 g/mol. The normalized spacial score (nSPS) is 13.1. The van der Waals surface area contributed by atoms with Crippen molar-refractivity contribution in [2.75, 3.05) is 13.1 Å². The van der Waals surface area contributed by atoms with Gasteiger partial charge in [0.25, 0.3) is 0 Å². The van der Waals surface area contributed by atoms with E-state index in [1.807, 2.05) is 6.07 Å². The summed E-state index contributed by atoms with van der Waals surface area (Å²) < 4.78 is 2.29. The highest BCUT2D eigenvalue weighted by molar-refractivity contribution is 5.75. The summed E-state index contributed by atoms with van der Waals surface area (Å²) >= 11 is 0. The molecule has 1 N–H and O–H groups in total. The first-order valence-corrected chi connectivity index (χ1v) is 6.85. The molecule has 0 fully saturated rings. The zero-order chi connectivity index (χ0) is 13.0. The van der Waals surface area contributed by atoms with Gasteiger partial charge in [-0.25, -0.2) is 4.98 Å². The lowest BCUT2D eigenvalue weighted by atomic mass is 10.1. The molecule has 18 heavy (non-hydrogen) atoms. The maximum Gasteiger partial charge on any atom is 0.106 e. The second-order valence-electron chi connectivity index (χ2n) is 5.02. The number of hydrogen-bond acceptors (Lipinski definition) is 2. The fourth-order valence-electron chi connectivity index (χ4n) is 2.16. The van der Waals surface area contributed by atoms with E-state index in [-0.39, 0.29) is 0 Å². The molecule has 0 radical (unpaired) electrons. The first-order chi connectivity index (χ1) is 8.72. The fraction of sp³-hybridized carbons (Fsp3) is 0.533. The third kappa shape index (κ3) is 2.91. The first kappa shape index (κ1) is 13.1. The molecule has 1 atom stereocenters. The number of aryl methyl sites for hydroxylation is 1. The van der Waals surface area contributed by atoms with Gasteiger partial charge in [0.2, 0.25) is 0 Å². The number of aromatic nitrogens is 2. The highest BCUT2D eigenvalue weighted by atomic mass is 15.1. The van der Waals surface area contributed by atoms with Crippen LogP contribution >= 0.6 is 0 Å². The van der Waals surface area contributed by atoms with Crippen molar-refractivity contribution in [1.82, 2.24) is 14.9 Å². The van der Waals surface area contributed by atoms with Gasteiger partial charge in [0.1, 0.15) is 5.82 Å². The first-order valence-electron chi connectivity index (χ1n) is 6.85. The van der Waals surface area contributed by atoms with Gasteiger partial charge in [-0.2, -0.15) is 0 Å². The van der Waals surface area contributed by atoms with E-state index in [9.17, 15) is 0 Å². The molecule has 0 aliphatic carbocycles. The summed E-state index contributed by atoms with van der Waals surface area (Å²) in [6, 6.07) is 8.34. The molecule has 0 saturated heterocycles. The summed E-state index contributed by atoms with van der Waals surface area (Å²) in [4.78, 5) is 4.58. The summed E-state index contributed by atoms with van der Waals surface area (Å²) in [6.45, 7) is 9.69. The van der Waals surface area contributed by atoms with Crippen molar-refractivity contribution >= 4 is 11.0 Å².